The molecule has 0 amide bonds. The predicted octanol–water partition coefficient (Wildman–Crippen LogP) is 5.33. The molecule has 3 aromatic rings. The summed E-state index contributed by atoms with van der Waals surface area (Å²) in [5.41, 5.74) is 6.73. The zero-order valence-electron chi connectivity index (χ0n) is 19.2. The van der Waals surface area contributed by atoms with Crippen LogP contribution in [0.25, 0.3) is 11.4 Å². The molecule has 32 heavy (non-hydrogen) atoms. The van der Waals surface area contributed by atoms with E-state index in [0.717, 1.165) is 58.9 Å². The molecule has 0 aliphatic heterocycles. The van der Waals surface area contributed by atoms with Gasteiger partial charge in [-0.05, 0) is 55.0 Å². The third-order valence-corrected chi connectivity index (χ3v) is 5.78. The Hall–Kier alpha value is -3.34. The van der Waals surface area contributed by atoms with Gasteiger partial charge in [0.05, 0.1) is 12.3 Å². The number of aromatic nitrogens is 2. The van der Waals surface area contributed by atoms with E-state index in [9.17, 15) is 4.79 Å². The SMILES string of the molecule is C=CCc1ccc(-c2nc(C)c(CCOc3ccc(CCC(=O)O)c(CC)c3)n2C)cc1. The summed E-state index contributed by atoms with van der Waals surface area (Å²) in [4.78, 5) is 15.7. The fourth-order valence-electron chi connectivity index (χ4n) is 4.00. The van der Waals surface area contributed by atoms with Crippen LogP contribution in [0.5, 0.6) is 5.75 Å². The molecule has 3 rings (SSSR count). The number of hydrogen-bond donors (Lipinski definition) is 1. The molecule has 1 heterocycles. The van der Waals surface area contributed by atoms with Crippen molar-refractivity contribution in [3.8, 4) is 17.1 Å². The number of hydrogen-bond acceptors (Lipinski definition) is 3. The molecular weight excluding hydrogens is 400 g/mol. The van der Waals surface area contributed by atoms with Crippen LogP contribution in [0, 0.1) is 6.92 Å². The van der Waals surface area contributed by atoms with Crippen LogP contribution in [0.2, 0.25) is 0 Å². The van der Waals surface area contributed by atoms with Gasteiger partial charge >= 0.3 is 5.97 Å². The number of nitrogens with zero attached hydrogens (tertiary/aromatic N) is 2. The van der Waals surface area contributed by atoms with Crippen LogP contribution in [-0.4, -0.2) is 27.2 Å². The summed E-state index contributed by atoms with van der Waals surface area (Å²) in [6.07, 6.45) is 5.07. The van der Waals surface area contributed by atoms with Crippen LogP contribution < -0.4 is 4.74 Å². The maximum absolute atomic E-state index is 10.9. The second-order valence-electron chi connectivity index (χ2n) is 7.99. The standard InChI is InChI=1S/C27H32N2O3/c1-5-7-20-8-10-23(11-9-20)27-28-19(3)25(29(27)4)16-17-32-24-14-12-22(13-15-26(30)31)21(6-2)18-24/h5,8-12,14,18H,1,6-7,13,15-17H2,2-4H3,(H,30,31). The highest BCUT2D eigenvalue weighted by atomic mass is 16.5. The van der Waals surface area contributed by atoms with E-state index >= 15 is 0 Å². The van der Waals surface area contributed by atoms with Crippen molar-refractivity contribution in [3.05, 3.63) is 83.2 Å². The lowest BCUT2D eigenvalue weighted by Crippen LogP contribution is -2.07. The van der Waals surface area contributed by atoms with Crippen molar-refractivity contribution in [3.63, 3.8) is 0 Å². The lowest BCUT2D eigenvalue weighted by Gasteiger charge is -2.12. The van der Waals surface area contributed by atoms with E-state index in [1.54, 1.807) is 0 Å². The molecule has 0 saturated heterocycles. The molecule has 0 saturated carbocycles. The van der Waals surface area contributed by atoms with Gasteiger partial charge in [-0.2, -0.15) is 0 Å². The maximum atomic E-state index is 10.9. The quantitative estimate of drug-likeness (QED) is 0.416. The minimum Gasteiger partial charge on any atom is -0.493 e. The Morgan fingerprint density at radius 3 is 2.56 bits per heavy atom. The van der Waals surface area contributed by atoms with E-state index in [4.69, 9.17) is 14.8 Å². The first-order chi connectivity index (χ1) is 15.4. The first-order valence-electron chi connectivity index (χ1n) is 11.1. The molecule has 0 fully saturated rings. The lowest BCUT2D eigenvalue weighted by atomic mass is 10.0. The van der Waals surface area contributed by atoms with Gasteiger partial charge < -0.3 is 14.4 Å². The van der Waals surface area contributed by atoms with Gasteiger partial charge in [0.2, 0.25) is 0 Å². The fourth-order valence-corrected chi connectivity index (χ4v) is 4.00. The number of aryl methyl sites for hydroxylation is 3. The smallest absolute Gasteiger partial charge is 0.303 e. The van der Waals surface area contributed by atoms with Crippen LogP contribution in [0.15, 0.2) is 55.1 Å². The monoisotopic (exact) mass is 432 g/mol. The molecule has 0 aliphatic carbocycles. The molecule has 0 radical (unpaired) electrons. The number of ether oxygens (including phenoxy) is 1. The van der Waals surface area contributed by atoms with Crippen LogP contribution in [0.3, 0.4) is 0 Å². The van der Waals surface area contributed by atoms with Crippen molar-refractivity contribution in [2.24, 2.45) is 7.05 Å². The summed E-state index contributed by atoms with van der Waals surface area (Å²) in [6, 6.07) is 14.4. The molecule has 0 unspecified atom stereocenters. The van der Waals surface area contributed by atoms with Crippen molar-refractivity contribution < 1.29 is 14.6 Å². The Kier molecular flexibility index (Phi) is 7.87. The molecule has 5 heteroatoms. The van der Waals surface area contributed by atoms with Gasteiger partial charge in [-0.15, -0.1) is 6.58 Å². The van der Waals surface area contributed by atoms with E-state index in [-0.39, 0.29) is 6.42 Å². The van der Waals surface area contributed by atoms with E-state index < -0.39 is 5.97 Å². The molecular formula is C27H32N2O3. The third-order valence-electron chi connectivity index (χ3n) is 5.78. The molecule has 1 aromatic heterocycles. The topological polar surface area (TPSA) is 64.3 Å². The van der Waals surface area contributed by atoms with Gasteiger partial charge in [-0.1, -0.05) is 43.3 Å². The van der Waals surface area contributed by atoms with E-state index in [1.807, 2.05) is 31.2 Å². The number of benzene rings is 2. The second kappa shape index (κ2) is 10.8. The van der Waals surface area contributed by atoms with Gasteiger partial charge in [-0.25, -0.2) is 4.98 Å². The number of carbonyl (C=O) groups is 1. The zero-order valence-corrected chi connectivity index (χ0v) is 19.2. The van der Waals surface area contributed by atoms with Crippen LogP contribution in [0.1, 0.15) is 41.4 Å². The Morgan fingerprint density at radius 1 is 1.16 bits per heavy atom. The zero-order chi connectivity index (χ0) is 23.1. The van der Waals surface area contributed by atoms with Crippen molar-refractivity contribution in [2.45, 2.75) is 46.0 Å². The molecule has 5 nitrogen and oxygen atoms in total. The lowest BCUT2D eigenvalue weighted by molar-refractivity contribution is -0.136. The summed E-state index contributed by atoms with van der Waals surface area (Å²) in [5.74, 6) is 1.00. The minimum absolute atomic E-state index is 0.145. The number of rotatable bonds is 11. The first kappa shape index (κ1) is 23.3. The highest BCUT2D eigenvalue weighted by Crippen LogP contribution is 2.24. The summed E-state index contributed by atoms with van der Waals surface area (Å²) < 4.78 is 8.18. The molecule has 168 valence electrons. The van der Waals surface area contributed by atoms with Crippen LogP contribution in [0.4, 0.5) is 0 Å². The average Bonchev–Trinajstić information content (AvgIpc) is 3.07. The molecule has 2 aromatic carbocycles. The van der Waals surface area contributed by atoms with Crippen molar-refractivity contribution in [1.82, 2.24) is 9.55 Å². The summed E-state index contributed by atoms with van der Waals surface area (Å²) >= 11 is 0. The van der Waals surface area contributed by atoms with Crippen molar-refractivity contribution in [1.29, 1.82) is 0 Å². The highest BCUT2D eigenvalue weighted by molar-refractivity contribution is 5.67. The Bertz CT molecular complexity index is 1080. The normalized spacial score (nSPS) is 10.8. The molecule has 0 atom stereocenters. The highest BCUT2D eigenvalue weighted by Gasteiger charge is 2.13. The van der Waals surface area contributed by atoms with Crippen LogP contribution in [-0.2, 0) is 37.5 Å². The molecule has 1 N–H and O–H groups in total. The third kappa shape index (κ3) is 5.67. The number of aliphatic carboxylic acids is 1. The predicted molar refractivity (Wildman–Crippen MR) is 128 cm³/mol. The Labute approximate surface area is 190 Å². The van der Waals surface area contributed by atoms with E-state index in [1.165, 1.54) is 5.56 Å². The average molecular weight is 433 g/mol. The van der Waals surface area contributed by atoms with Gasteiger partial charge in [0.1, 0.15) is 11.6 Å². The maximum Gasteiger partial charge on any atom is 0.303 e. The number of allylic oxidation sites excluding steroid dienone is 1. The first-order valence-corrected chi connectivity index (χ1v) is 11.1. The molecule has 0 aliphatic rings. The number of carboxylic acids is 1. The number of carboxylic acid groups (broad SMARTS) is 1. The summed E-state index contributed by atoms with van der Waals surface area (Å²) in [7, 11) is 2.05. The second-order valence-corrected chi connectivity index (χ2v) is 7.99. The van der Waals surface area contributed by atoms with Gasteiger partial charge in [0.15, 0.2) is 0 Å². The minimum atomic E-state index is -0.772. The fraction of sp³-hybridized carbons (Fsp3) is 0.333. The van der Waals surface area contributed by atoms with Crippen molar-refractivity contribution >= 4 is 5.97 Å². The van der Waals surface area contributed by atoms with Crippen LogP contribution >= 0.6 is 0 Å². The Morgan fingerprint density at radius 2 is 1.91 bits per heavy atom. The van der Waals surface area contributed by atoms with Gasteiger partial charge in [-0.3, -0.25) is 4.79 Å². The van der Waals surface area contributed by atoms with Gasteiger partial charge in [0.25, 0.3) is 0 Å². The molecule has 0 spiro atoms. The van der Waals surface area contributed by atoms with E-state index in [2.05, 4.69) is 49.4 Å². The molecule has 0 bridgehead atoms. The Balaban J connectivity index is 1.66. The van der Waals surface area contributed by atoms with Crippen molar-refractivity contribution in [2.75, 3.05) is 6.61 Å². The number of imidazole rings is 1. The largest absolute Gasteiger partial charge is 0.493 e. The summed E-state index contributed by atoms with van der Waals surface area (Å²) in [5, 5.41) is 8.94. The summed E-state index contributed by atoms with van der Waals surface area (Å²) in [6.45, 7) is 8.46. The van der Waals surface area contributed by atoms with Gasteiger partial charge in [0, 0.05) is 31.1 Å². The van der Waals surface area contributed by atoms with E-state index in [0.29, 0.717) is 13.0 Å².